The topological polar surface area (TPSA) is 46.3 Å². The van der Waals surface area contributed by atoms with Gasteiger partial charge < -0.3 is 9.64 Å². The average molecular weight is 415 g/mol. The van der Waals surface area contributed by atoms with Gasteiger partial charge in [-0.1, -0.05) is 34.1 Å². The minimum Gasteiger partial charge on any atom is -0.370 e. The Morgan fingerprint density at radius 3 is 2.73 bits per heavy atom. The average Bonchev–Trinajstić information content (AvgIpc) is 2.92. The summed E-state index contributed by atoms with van der Waals surface area (Å²) in [6.07, 6.45) is 0. The monoisotopic (exact) mass is 414 g/mol. The number of hydrogen-bond donors (Lipinski definition) is 1. The molecule has 0 atom stereocenters. The normalized spacial score (nSPS) is 19.2. The number of amides is 1. The molecule has 0 unspecified atom stereocenters. The molecule has 0 aromatic heterocycles. The van der Waals surface area contributed by atoms with Crippen molar-refractivity contribution in [2.75, 3.05) is 37.9 Å². The van der Waals surface area contributed by atoms with Crippen LogP contribution in [0.15, 0.2) is 51.9 Å². The molecule has 134 valence electrons. The van der Waals surface area contributed by atoms with Crippen molar-refractivity contribution in [2.45, 2.75) is 6.92 Å². The molecule has 0 bridgehead atoms. The minimum atomic E-state index is -0.0224. The standard InChI is InChI=1S/C20H20BrN3O2/c1-14-12-15(6-7-17(14)21)22-19-16-4-2-3-5-18(16)24(20(19)25)13-23-8-10-26-11-9-23/h2-7,12H,8-11,13H2,1H3/p+1. The number of morpholine rings is 1. The van der Waals surface area contributed by atoms with E-state index in [0.29, 0.717) is 12.4 Å². The van der Waals surface area contributed by atoms with Crippen LogP contribution in [-0.4, -0.2) is 44.6 Å². The highest BCUT2D eigenvalue weighted by atomic mass is 79.9. The van der Waals surface area contributed by atoms with E-state index < -0.39 is 0 Å². The molecule has 2 aliphatic rings. The quantitative estimate of drug-likeness (QED) is 0.835. The number of halogens is 1. The molecule has 4 rings (SSSR count). The number of hydrogen-bond acceptors (Lipinski definition) is 3. The van der Waals surface area contributed by atoms with Crippen molar-refractivity contribution in [3.63, 3.8) is 0 Å². The van der Waals surface area contributed by atoms with Crippen LogP contribution >= 0.6 is 15.9 Å². The number of quaternary nitrogens is 1. The van der Waals surface area contributed by atoms with Crippen molar-refractivity contribution < 1.29 is 14.4 Å². The summed E-state index contributed by atoms with van der Waals surface area (Å²) in [6.45, 7) is 6.01. The van der Waals surface area contributed by atoms with Crippen molar-refractivity contribution in [3.05, 3.63) is 58.1 Å². The molecule has 1 N–H and O–H groups in total. The molecule has 2 aromatic carbocycles. The van der Waals surface area contributed by atoms with Gasteiger partial charge in [0.05, 0.1) is 24.6 Å². The van der Waals surface area contributed by atoms with Gasteiger partial charge in [-0.25, -0.2) is 4.99 Å². The Morgan fingerprint density at radius 2 is 1.96 bits per heavy atom. The van der Waals surface area contributed by atoms with Gasteiger partial charge in [0.15, 0.2) is 6.67 Å². The second kappa shape index (κ2) is 7.31. The van der Waals surface area contributed by atoms with Crippen LogP contribution in [-0.2, 0) is 9.53 Å². The Hall–Kier alpha value is -2.02. The molecule has 2 aromatic rings. The molecule has 0 aliphatic carbocycles. The fourth-order valence-corrected chi connectivity index (χ4v) is 3.64. The SMILES string of the molecule is Cc1cc(N=C2C(=O)N(C[NH+]3CCOCC3)c3ccccc32)ccc1Br. The van der Waals surface area contributed by atoms with Crippen LogP contribution in [0.2, 0.25) is 0 Å². The van der Waals surface area contributed by atoms with Crippen molar-refractivity contribution >= 4 is 38.9 Å². The number of anilines is 1. The number of benzene rings is 2. The number of aliphatic imine (C=N–C) groups is 1. The van der Waals surface area contributed by atoms with E-state index in [1.54, 1.807) is 0 Å². The van der Waals surface area contributed by atoms with Crippen LogP contribution in [0.1, 0.15) is 11.1 Å². The van der Waals surface area contributed by atoms with E-state index in [2.05, 4.69) is 15.9 Å². The summed E-state index contributed by atoms with van der Waals surface area (Å²) in [6, 6.07) is 13.8. The summed E-state index contributed by atoms with van der Waals surface area (Å²) in [7, 11) is 0. The number of aryl methyl sites for hydroxylation is 1. The third-order valence-corrected chi connectivity index (χ3v) is 5.75. The first kappa shape index (κ1) is 17.4. The number of carbonyl (C=O) groups excluding carboxylic acids is 1. The summed E-state index contributed by atoms with van der Waals surface area (Å²) in [5.41, 5.74) is 4.27. The maximum atomic E-state index is 13.1. The predicted octanol–water partition coefficient (Wildman–Crippen LogP) is 2.10. The van der Waals surface area contributed by atoms with Crippen LogP contribution in [0.25, 0.3) is 0 Å². The third kappa shape index (κ3) is 3.32. The third-order valence-electron chi connectivity index (χ3n) is 4.86. The molecule has 26 heavy (non-hydrogen) atoms. The molecule has 2 heterocycles. The van der Waals surface area contributed by atoms with Gasteiger partial charge in [-0.2, -0.15) is 0 Å². The molecule has 6 heteroatoms. The molecular formula is C20H21BrN3O2+. The molecule has 0 saturated carbocycles. The van der Waals surface area contributed by atoms with Gasteiger partial charge in [-0.05, 0) is 36.8 Å². The summed E-state index contributed by atoms with van der Waals surface area (Å²) >= 11 is 3.51. The van der Waals surface area contributed by atoms with Gasteiger partial charge in [0, 0.05) is 10.0 Å². The van der Waals surface area contributed by atoms with Crippen molar-refractivity contribution in [2.24, 2.45) is 4.99 Å². The van der Waals surface area contributed by atoms with Crippen molar-refractivity contribution in [3.8, 4) is 0 Å². The van der Waals surface area contributed by atoms with Gasteiger partial charge in [-0.3, -0.25) is 9.69 Å². The molecular weight excluding hydrogens is 394 g/mol. The molecule has 2 aliphatic heterocycles. The summed E-state index contributed by atoms with van der Waals surface area (Å²) in [4.78, 5) is 21.1. The summed E-state index contributed by atoms with van der Waals surface area (Å²) in [5.74, 6) is -0.0224. The first-order chi connectivity index (χ1) is 12.6. The first-order valence-corrected chi connectivity index (χ1v) is 9.60. The maximum Gasteiger partial charge on any atom is 0.281 e. The highest BCUT2D eigenvalue weighted by Gasteiger charge is 2.36. The lowest BCUT2D eigenvalue weighted by Gasteiger charge is -2.27. The Balaban J connectivity index is 1.68. The van der Waals surface area contributed by atoms with Gasteiger partial charge >= 0.3 is 0 Å². The zero-order valence-corrected chi connectivity index (χ0v) is 16.3. The maximum absolute atomic E-state index is 13.1. The molecule has 0 spiro atoms. The minimum absolute atomic E-state index is 0.0224. The van der Waals surface area contributed by atoms with E-state index in [9.17, 15) is 4.79 Å². The number of ether oxygens (including phenoxy) is 1. The van der Waals surface area contributed by atoms with Crippen LogP contribution in [0.3, 0.4) is 0 Å². The lowest BCUT2D eigenvalue weighted by Crippen LogP contribution is -3.15. The summed E-state index contributed by atoms with van der Waals surface area (Å²) in [5, 5.41) is 0. The van der Waals surface area contributed by atoms with Crippen molar-refractivity contribution in [1.29, 1.82) is 0 Å². The Bertz CT molecular complexity index is 875. The number of para-hydroxylation sites is 1. The lowest BCUT2D eigenvalue weighted by molar-refractivity contribution is -0.906. The van der Waals surface area contributed by atoms with E-state index in [0.717, 1.165) is 53.3 Å². The predicted molar refractivity (Wildman–Crippen MR) is 105 cm³/mol. The Morgan fingerprint density at radius 1 is 1.19 bits per heavy atom. The largest absolute Gasteiger partial charge is 0.370 e. The smallest absolute Gasteiger partial charge is 0.281 e. The molecule has 0 radical (unpaired) electrons. The van der Waals surface area contributed by atoms with Crippen LogP contribution in [0.4, 0.5) is 11.4 Å². The van der Waals surface area contributed by atoms with Gasteiger partial charge in [0.25, 0.3) is 5.91 Å². The van der Waals surface area contributed by atoms with Crippen LogP contribution in [0.5, 0.6) is 0 Å². The highest BCUT2D eigenvalue weighted by Crippen LogP contribution is 2.30. The Kier molecular flexibility index (Phi) is 4.89. The highest BCUT2D eigenvalue weighted by molar-refractivity contribution is 9.10. The van der Waals surface area contributed by atoms with Gasteiger partial charge in [0.2, 0.25) is 0 Å². The van der Waals surface area contributed by atoms with E-state index in [4.69, 9.17) is 9.73 Å². The molecule has 1 saturated heterocycles. The summed E-state index contributed by atoms with van der Waals surface area (Å²) < 4.78 is 6.47. The van der Waals surface area contributed by atoms with E-state index in [-0.39, 0.29) is 5.91 Å². The van der Waals surface area contributed by atoms with Gasteiger partial charge in [0.1, 0.15) is 18.8 Å². The second-order valence-electron chi connectivity index (χ2n) is 6.66. The number of nitrogens with one attached hydrogen (secondary N) is 1. The van der Waals surface area contributed by atoms with E-state index in [1.165, 1.54) is 4.90 Å². The van der Waals surface area contributed by atoms with Crippen LogP contribution in [0, 0.1) is 6.92 Å². The number of rotatable bonds is 3. The lowest BCUT2D eigenvalue weighted by atomic mass is 10.1. The molecule has 1 fully saturated rings. The first-order valence-electron chi connectivity index (χ1n) is 8.81. The fourth-order valence-electron chi connectivity index (χ4n) is 3.40. The zero-order chi connectivity index (χ0) is 18.1. The fraction of sp³-hybridized carbons (Fsp3) is 0.300. The van der Waals surface area contributed by atoms with E-state index in [1.807, 2.05) is 54.3 Å². The zero-order valence-electron chi connectivity index (χ0n) is 14.7. The number of carbonyl (C=O) groups is 1. The number of nitrogens with zero attached hydrogens (tertiary/aromatic N) is 2. The van der Waals surface area contributed by atoms with Crippen LogP contribution < -0.4 is 9.80 Å². The number of fused-ring (bicyclic) bond motifs is 1. The molecule has 5 nitrogen and oxygen atoms in total. The molecule has 1 amide bonds. The van der Waals surface area contributed by atoms with Gasteiger partial charge in [-0.15, -0.1) is 0 Å². The van der Waals surface area contributed by atoms with Crippen molar-refractivity contribution in [1.82, 2.24) is 0 Å². The second-order valence-corrected chi connectivity index (χ2v) is 7.52. The Labute approximate surface area is 161 Å². The van der Waals surface area contributed by atoms with E-state index >= 15 is 0 Å².